The molecule has 5 nitrogen and oxygen atoms in total. The van der Waals surface area contributed by atoms with E-state index in [1.54, 1.807) is 31.4 Å². The lowest BCUT2D eigenvalue weighted by molar-refractivity contribution is -0.122. The average molecular weight is 451 g/mol. The Morgan fingerprint density at radius 2 is 1.41 bits per heavy atom. The zero-order valence-corrected chi connectivity index (χ0v) is 18.9. The molecule has 0 aliphatic heterocycles. The van der Waals surface area contributed by atoms with Crippen molar-refractivity contribution in [3.63, 3.8) is 0 Å². The van der Waals surface area contributed by atoms with Crippen molar-refractivity contribution in [3.05, 3.63) is 126 Å². The van der Waals surface area contributed by atoms with Crippen molar-refractivity contribution in [1.82, 2.24) is 4.90 Å². The second kappa shape index (κ2) is 10.5. The van der Waals surface area contributed by atoms with E-state index in [2.05, 4.69) is 0 Å². The Morgan fingerprint density at radius 1 is 0.794 bits per heavy atom. The summed E-state index contributed by atoms with van der Waals surface area (Å²) in [5.74, 6) is -0.203. The number of carbonyl (C=O) groups excluding carboxylic acids is 2. The van der Waals surface area contributed by atoms with Gasteiger partial charge in [0.2, 0.25) is 5.91 Å². The summed E-state index contributed by atoms with van der Waals surface area (Å²) in [6.45, 7) is 0.193. The minimum atomic E-state index is -0.922. The Hall–Kier alpha value is -4.38. The highest BCUT2D eigenvalue weighted by atomic mass is 16.5. The zero-order valence-electron chi connectivity index (χ0n) is 18.9. The van der Waals surface area contributed by atoms with Crippen LogP contribution in [0.25, 0.3) is 11.1 Å². The highest BCUT2D eigenvalue weighted by Gasteiger charge is 2.30. The maximum atomic E-state index is 13.8. The summed E-state index contributed by atoms with van der Waals surface area (Å²) in [5, 5.41) is 0. The second-order valence-electron chi connectivity index (χ2n) is 7.94. The quantitative estimate of drug-likeness (QED) is 0.399. The smallest absolute Gasteiger partial charge is 0.255 e. The van der Waals surface area contributed by atoms with Gasteiger partial charge in [-0.15, -0.1) is 0 Å². The topological polar surface area (TPSA) is 72.6 Å². The summed E-state index contributed by atoms with van der Waals surface area (Å²) in [6, 6.07) is 33.0. The molecule has 2 N–H and O–H groups in total. The summed E-state index contributed by atoms with van der Waals surface area (Å²) in [5.41, 5.74) is 9.87. The predicted octanol–water partition coefficient (Wildman–Crippen LogP) is 5.23. The lowest BCUT2D eigenvalue weighted by Crippen LogP contribution is -2.41. The molecule has 2 amide bonds. The third-order valence-corrected chi connectivity index (χ3v) is 5.68. The van der Waals surface area contributed by atoms with Crippen molar-refractivity contribution in [1.29, 1.82) is 0 Å². The van der Waals surface area contributed by atoms with Crippen molar-refractivity contribution in [2.75, 3.05) is 7.11 Å². The van der Waals surface area contributed by atoms with Crippen LogP contribution in [0, 0.1) is 0 Å². The second-order valence-corrected chi connectivity index (χ2v) is 7.94. The Bertz CT molecular complexity index is 1260. The van der Waals surface area contributed by atoms with Crippen LogP contribution in [0.3, 0.4) is 0 Å². The third-order valence-electron chi connectivity index (χ3n) is 5.68. The first-order valence-electron chi connectivity index (χ1n) is 11.0. The standard InChI is InChI=1S/C29H26N2O3/c1-34-26-14-8-9-21(19-26)20-31(27(28(30)32)24-12-6-3-7-13-24)29(33)25-17-15-23(16-18-25)22-10-4-2-5-11-22/h2-19,27H,20H2,1H3,(H2,30,32)/t27-/m1/s1. The highest BCUT2D eigenvalue weighted by molar-refractivity contribution is 5.98. The molecule has 0 unspecified atom stereocenters. The van der Waals surface area contributed by atoms with Crippen LogP contribution < -0.4 is 10.5 Å². The molecule has 0 aliphatic rings. The van der Waals surface area contributed by atoms with Crippen LogP contribution in [0.2, 0.25) is 0 Å². The minimum Gasteiger partial charge on any atom is -0.497 e. The molecular weight excluding hydrogens is 424 g/mol. The third kappa shape index (κ3) is 5.15. The lowest BCUT2D eigenvalue weighted by Gasteiger charge is -2.30. The maximum absolute atomic E-state index is 13.8. The van der Waals surface area contributed by atoms with Crippen molar-refractivity contribution in [2.24, 2.45) is 5.73 Å². The molecule has 0 aliphatic carbocycles. The first-order chi connectivity index (χ1) is 16.6. The molecule has 34 heavy (non-hydrogen) atoms. The van der Waals surface area contributed by atoms with E-state index in [0.29, 0.717) is 16.9 Å². The number of benzene rings is 4. The summed E-state index contributed by atoms with van der Waals surface area (Å²) in [4.78, 5) is 27.9. The SMILES string of the molecule is COc1cccc(CN(C(=O)c2ccc(-c3ccccc3)cc2)[C@@H](C(N)=O)c2ccccc2)c1. The number of rotatable bonds is 8. The fraction of sp³-hybridized carbons (Fsp3) is 0.103. The number of ether oxygens (including phenoxy) is 1. The number of hydrogen-bond donors (Lipinski definition) is 1. The van der Waals surface area contributed by atoms with Crippen molar-refractivity contribution >= 4 is 11.8 Å². The van der Waals surface area contributed by atoms with Crippen LogP contribution in [-0.4, -0.2) is 23.8 Å². The summed E-state index contributed by atoms with van der Waals surface area (Å²) in [7, 11) is 1.59. The van der Waals surface area contributed by atoms with E-state index in [1.165, 1.54) is 4.90 Å². The molecule has 4 aromatic rings. The van der Waals surface area contributed by atoms with Crippen molar-refractivity contribution in [2.45, 2.75) is 12.6 Å². The van der Waals surface area contributed by atoms with E-state index >= 15 is 0 Å². The van der Waals surface area contributed by atoms with Gasteiger partial charge >= 0.3 is 0 Å². The van der Waals surface area contributed by atoms with Crippen LogP contribution in [0.4, 0.5) is 0 Å². The fourth-order valence-corrected chi connectivity index (χ4v) is 3.98. The zero-order chi connectivity index (χ0) is 23.9. The normalized spacial score (nSPS) is 11.4. The molecule has 0 radical (unpaired) electrons. The molecule has 0 bridgehead atoms. The number of amides is 2. The van der Waals surface area contributed by atoms with E-state index in [9.17, 15) is 9.59 Å². The maximum Gasteiger partial charge on any atom is 0.255 e. The average Bonchev–Trinajstić information content (AvgIpc) is 2.89. The van der Waals surface area contributed by atoms with Crippen LogP contribution >= 0.6 is 0 Å². The predicted molar refractivity (Wildman–Crippen MR) is 133 cm³/mol. The molecule has 0 heterocycles. The van der Waals surface area contributed by atoms with Gasteiger partial charge in [-0.1, -0.05) is 84.9 Å². The van der Waals surface area contributed by atoms with E-state index in [4.69, 9.17) is 10.5 Å². The minimum absolute atomic E-state index is 0.193. The molecule has 0 saturated heterocycles. The largest absolute Gasteiger partial charge is 0.497 e. The molecule has 170 valence electrons. The molecule has 4 rings (SSSR count). The van der Waals surface area contributed by atoms with Crippen LogP contribution in [0.1, 0.15) is 27.5 Å². The first kappa shape index (κ1) is 22.8. The van der Waals surface area contributed by atoms with Crippen molar-refractivity contribution < 1.29 is 14.3 Å². The van der Waals surface area contributed by atoms with E-state index < -0.39 is 11.9 Å². The number of primary amides is 1. The number of nitrogens with two attached hydrogens (primary N) is 1. The molecule has 4 aromatic carbocycles. The fourth-order valence-electron chi connectivity index (χ4n) is 3.98. The van der Waals surface area contributed by atoms with Gasteiger partial charge in [0.1, 0.15) is 11.8 Å². The molecule has 0 spiro atoms. The highest BCUT2D eigenvalue weighted by Crippen LogP contribution is 2.27. The van der Waals surface area contributed by atoms with Gasteiger partial charge < -0.3 is 15.4 Å². The first-order valence-corrected chi connectivity index (χ1v) is 11.0. The van der Waals surface area contributed by atoms with Gasteiger partial charge in [0.15, 0.2) is 0 Å². The number of nitrogens with zero attached hydrogens (tertiary/aromatic N) is 1. The summed E-state index contributed by atoms with van der Waals surface area (Å²) in [6.07, 6.45) is 0. The Balaban J connectivity index is 1.72. The molecule has 5 heteroatoms. The number of methoxy groups -OCH3 is 1. The Morgan fingerprint density at radius 3 is 2.03 bits per heavy atom. The van der Waals surface area contributed by atoms with Gasteiger partial charge in [-0.05, 0) is 46.5 Å². The molecule has 0 saturated carbocycles. The van der Waals surface area contributed by atoms with Crippen LogP contribution in [-0.2, 0) is 11.3 Å². The monoisotopic (exact) mass is 450 g/mol. The summed E-state index contributed by atoms with van der Waals surface area (Å²) < 4.78 is 5.33. The van der Waals surface area contributed by atoms with Gasteiger partial charge in [-0.2, -0.15) is 0 Å². The molecular formula is C29H26N2O3. The van der Waals surface area contributed by atoms with E-state index in [-0.39, 0.29) is 12.5 Å². The van der Waals surface area contributed by atoms with Crippen molar-refractivity contribution in [3.8, 4) is 16.9 Å². The van der Waals surface area contributed by atoms with Gasteiger partial charge in [0, 0.05) is 12.1 Å². The molecule has 1 atom stereocenters. The van der Waals surface area contributed by atoms with Crippen LogP contribution in [0.5, 0.6) is 5.75 Å². The molecule has 0 aromatic heterocycles. The molecule has 0 fully saturated rings. The van der Waals surface area contributed by atoms with Gasteiger partial charge in [0.25, 0.3) is 5.91 Å². The lowest BCUT2D eigenvalue weighted by atomic mass is 10.0. The number of carbonyl (C=O) groups is 2. The van der Waals surface area contributed by atoms with Gasteiger partial charge in [0.05, 0.1) is 7.11 Å². The Labute approximate surface area is 199 Å². The van der Waals surface area contributed by atoms with E-state index in [1.807, 2.05) is 84.9 Å². The van der Waals surface area contributed by atoms with Gasteiger partial charge in [-0.3, -0.25) is 9.59 Å². The van der Waals surface area contributed by atoms with Gasteiger partial charge in [-0.25, -0.2) is 0 Å². The Kier molecular flexibility index (Phi) is 7.04. The van der Waals surface area contributed by atoms with Crippen LogP contribution in [0.15, 0.2) is 109 Å². The summed E-state index contributed by atoms with van der Waals surface area (Å²) >= 11 is 0. The number of hydrogen-bond acceptors (Lipinski definition) is 3. The van der Waals surface area contributed by atoms with E-state index in [0.717, 1.165) is 16.7 Å².